The summed E-state index contributed by atoms with van der Waals surface area (Å²) in [5.41, 5.74) is 1.09. The Morgan fingerprint density at radius 3 is 3.12 bits per heavy atom. The Kier molecular flexibility index (Phi) is 4.93. The van der Waals surface area contributed by atoms with E-state index < -0.39 is 0 Å². The quantitative estimate of drug-likeness (QED) is 0.634. The number of nitrogens with one attached hydrogen (secondary N) is 1. The molecule has 92 valence electrons. The van der Waals surface area contributed by atoms with Crippen molar-refractivity contribution < 1.29 is 0 Å². The van der Waals surface area contributed by atoms with Crippen molar-refractivity contribution >= 4 is 33.9 Å². The summed E-state index contributed by atoms with van der Waals surface area (Å²) in [4.78, 5) is 4.58. The summed E-state index contributed by atoms with van der Waals surface area (Å²) in [5, 5.41) is 10.9. The van der Waals surface area contributed by atoms with Gasteiger partial charge >= 0.3 is 0 Å². The lowest BCUT2D eigenvalue weighted by Gasteiger charge is -1.98. The number of rotatable bonds is 6. The van der Waals surface area contributed by atoms with Crippen LogP contribution in [0.4, 0.5) is 0 Å². The van der Waals surface area contributed by atoms with E-state index in [0.717, 1.165) is 40.3 Å². The second-order valence-electron chi connectivity index (χ2n) is 3.77. The van der Waals surface area contributed by atoms with Gasteiger partial charge in [-0.15, -0.1) is 11.3 Å². The Morgan fingerprint density at radius 1 is 1.53 bits per heavy atom. The van der Waals surface area contributed by atoms with Gasteiger partial charge in [-0.1, -0.05) is 6.92 Å². The summed E-state index contributed by atoms with van der Waals surface area (Å²) in [5.74, 6) is 0. The van der Waals surface area contributed by atoms with Gasteiger partial charge in [0.05, 0.1) is 22.0 Å². The van der Waals surface area contributed by atoms with Crippen LogP contribution in [0.5, 0.6) is 0 Å². The van der Waals surface area contributed by atoms with Gasteiger partial charge < -0.3 is 5.32 Å². The fraction of sp³-hybridized carbons (Fsp3) is 0.455. The number of hydrogen-bond donors (Lipinski definition) is 1. The maximum Gasteiger partial charge on any atom is 0.107 e. The Labute approximate surface area is 119 Å². The van der Waals surface area contributed by atoms with Crippen LogP contribution in [0.25, 0.3) is 0 Å². The average Bonchev–Trinajstić information content (AvgIpc) is 2.90. The summed E-state index contributed by atoms with van der Waals surface area (Å²) in [6.07, 6.45) is 5.04. The van der Waals surface area contributed by atoms with E-state index in [-0.39, 0.29) is 0 Å². The van der Waals surface area contributed by atoms with Crippen LogP contribution in [0.3, 0.4) is 0 Å². The highest BCUT2D eigenvalue weighted by Crippen LogP contribution is 2.11. The van der Waals surface area contributed by atoms with E-state index >= 15 is 0 Å². The first-order valence-corrected chi connectivity index (χ1v) is 7.55. The van der Waals surface area contributed by atoms with E-state index in [1.165, 1.54) is 0 Å². The molecule has 0 aliphatic heterocycles. The van der Waals surface area contributed by atoms with Crippen LogP contribution in [-0.2, 0) is 13.1 Å². The van der Waals surface area contributed by atoms with E-state index in [1.54, 1.807) is 11.3 Å². The molecule has 0 fully saturated rings. The third kappa shape index (κ3) is 4.04. The number of nitrogens with zero attached hydrogens (tertiary/aromatic N) is 3. The first kappa shape index (κ1) is 13.0. The van der Waals surface area contributed by atoms with Gasteiger partial charge in [0, 0.05) is 18.1 Å². The molecule has 2 heterocycles. The predicted molar refractivity (Wildman–Crippen MR) is 78.2 cm³/mol. The van der Waals surface area contributed by atoms with Gasteiger partial charge in [-0.05, 0) is 35.6 Å². The minimum Gasteiger partial charge on any atom is -0.310 e. The van der Waals surface area contributed by atoms with Crippen molar-refractivity contribution in [1.82, 2.24) is 20.1 Å². The van der Waals surface area contributed by atoms with Crippen LogP contribution < -0.4 is 5.32 Å². The van der Waals surface area contributed by atoms with Crippen molar-refractivity contribution in [2.24, 2.45) is 0 Å². The molecule has 0 amide bonds. The van der Waals surface area contributed by atoms with Crippen LogP contribution in [-0.4, -0.2) is 21.3 Å². The van der Waals surface area contributed by atoms with Gasteiger partial charge in [0.2, 0.25) is 0 Å². The lowest BCUT2D eigenvalue weighted by molar-refractivity contribution is 0.656. The maximum absolute atomic E-state index is 4.58. The third-order valence-electron chi connectivity index (χ3n) is 2.23. The minimum atomic E-state index is 0.757. The summed E-state index contributed by atoms with van der Waals surface area (Å²) in [6.45, 7) is 4.84. The molecule has 1 N–H and O–H groups in total. The molecule has 0 saturated heterocycles. The zero-order valence-electron chi connectivity index (χ0n) is 9.69. The summed E-state index contributed by atoms with van der Waals surface area (Å²) in [6, 6.07) is 0. The lowest BCUT2D eigenvalue weighted by Crippen LogP contribution is -2.13. The molecular formula is C11H15IN4S. The average molecular weight is 362 g/mol. The highest BCUT2D eigenvalue weighted by molar-refractivity contribution is 14.1. The standard InChI is InChI=1S/C11H15IN4S/c1-2-3-13-5-11-15-10(8-17-11)7-16-6-9(12)4-14-16/h4,6,8,13H,2-3,5,7H2,1H3. The molecule has 17 heavy (non-hydrogen) atoms. The largest absolute Gasteiger partial charge is 0.310 e. The van der Waals surface area contributed by atoms with Gasteiger partial charge in [0.15, 0.2) is 0 Å². The molecule has 0 aliphatic rings. The Morgan fingerprint density at radius 2 is 2.41 bits per heavy atom. The normalized spacial score (nSPS) is 10.9. The molecule has 0 aliphatic carbocycles. The van der Waals surface area contributed by atoms with Crippen molar-refractivity contribution in [3.8, 4) is 0 Å². The molecule has 0 bridgehead atoms. The summed E-state index contributed by atoms with van der Waals surface area (Å²) < 4.78 is 3.07. The van der Waals surface area contributed by atoms with Crippen LogP contribution in [0, 0.1) is 3.57 Å². The fourth-order valence-corrected chi connectivity index (χ4v) is 2.67. The zero-order valence-corrected chi connectivity index (χ0v) is 12.7. The predicted octanol–water partition coefficient (Wildman–Crippen LogP) is 2.49. The monoisotopic (exact) mass is 362 g/mol. The van der Waals surface area contributed by atoms with Gasteiger partial charge in [0.25, 0.3) is 0 Å². The molecule has 4 nitrogen and oxygen atoms in total. The molecule has 6 heteroatoms. The van der Waals surface area contributed by atoms with Gasteiger partial charge in [0.1, 0.15) is 5.01 Å². The van der Waals surface area contributed by atoms with E-state index in [0.29, 0.717) is 0 Å². The molecule has 0 aromatic carbocycles. The molecule has 0 radical (unpaired) electrons. The van der Waals surface area contributed by atoms with E-state index in [4.69, 9.17) is 0 Å². The number of hydrogen-bond acceptors (Lipinski definition) is 4. The van der Waals surface area contributed by atoms with Crippen molar-refractivity contribution in [2.45, 2.75) is 26.4 Å². The van der Waals surface area contributed by atoms with Crippen molar-refractivity contribution in [1.29, 1.82) is 0 Å². The van der Waals surface area contributed by atoms with Gasteiger partial charge in [-0.2, -0.15) is 5.10 Å². The van der Waals surface area contributed by atoms with Crippen molar-refractivity contribution in [3.05, 3.63) is 32.0 Å². The second kappa shape index (κ2) is 6.46. The highest BCUT2D eigenvalue weighted by Gasteiger charge is 2.03. The summed E-state index contributed by atoms with van der Waals surface area (Å²) in [7, 11) is 0. The fourth-order valence-electron chi connectivity index (χ4n) is 1.47. The SMILES string of the molecule is CCCNCc1nc(Cn2cc(I)cn2)cs1. The number of thiazole rings is 1. The van der Waals surface area contributed by atoms with E-state index in [1.807, 2.05) is 17.1 Å². The lowest BCUT2D eigenvalue weighted by atomic mass is 10.4. The number of aromatic nitrogens is 3. The number of halogens is 1. The summed E-state index contributed by atoms with van der Waals surface area (Å²) >= 11 is 3.97. The third-order valence-corrected chi connectivity index (χ3v) is 3.68. The molecule has 0 unspecified atom stereocenters. The van der Waals surface area contributed by atoms with Crippen LogP contribution in [0.2, 0.25) is 0 Å². The molecule has 2 aromatic heterocycles. The first-order valence-electron chi connectivity index (χ1n) is 5.60. The first-order chi connectivity index (χ1) is 8.28. The molecule has 0 spiro atoms. The Hall–Kier alpha value is -0.470. The second-order valence-corrected chi connectivity index (χ2v) is 5.95. The smallest absolute Gasteiger partial charge is 0.107 e. The molecule has 0 atom stereocenters. The molecule has 2 aromatic rings. The topological polar surface area (TPSA) is 42.7 Å². The highest BCUT2D eigenvalue weighted by atomic mass is 127. The van der Waals surface area contributed by atoms with Crippen LogP contribution in [0.15, 0.2) is 17.8 Å². The molecule has 0 saturated carbocycles. The van der Waals surface area contributed by atoms with E-state index in [9.17, 15) is 0 Å². The van der Waals surface area contributed by atoms with Crippen molar-refractivity contribution in [2.75, 3.05) is 6.54 Å². The van der Waals surface area contributed by atoms with Gasteiger partial charge in [-0.3, -0.25) is 4.68 Å². The van der Waals surface area contributed by atoms with Crippen LogP contribution in [0.1, 0.15) is 24.0 Å². The van der Waals surface area contributed by atoms with Crippen LogP contribution >= 0.6 is 33.9 Å². The Bertz CT molecular complexity index is 465. The molecular weight excluding hydrogens is 347 g/mol. The van der Waals surface area contributed by atoms with E-state index in [2.05, 4.69) is 50.3 Å². The van der Waals surface area contributed by atoms with Crippen molar-refractivity contribution in [3.63, 3.8) is 0 Å². The zero-order chi connectivity index (χ0) is 12.1. The minimum absolute atomic E-state index is 0.757. The maximum atomic E-state index is 4.58. The Balaban J connectivity index is 1.89. The van der Waals surface area contributed by atoms with Gasteiger partial charge in [-0.25, -0.2) is 4.98 Å². The molecule has 2 rings (SSSR count).